The number of ether oxygens (including phenoxy) is 1. The highest BCUT2D eigenvalue weighted by atomic mass is 32.1. The average Bonchev–Trinajstić information content (AvgIpc) is 3.29. The lowest BCUT2D eigenvalue weighted by Crippen LogP contribution is -2.44. The van der Waals surface area contributed by atoms with Crippen molar-refractivity contribution in [2.45, 2.75) is 58.4 Å². The van der Waals surface area contributed by atoms with Crippen molar-refractivity contribution >= 4 is 40.2 Å². The second-order valence-electron chi connectivity index (χ2n) is 9.17. The van der Waals surface area contributed by atoms with Crippen LogP contribution in [0.1, 0.15) is 66.4 Å². The number of carbonyl (C=O) groups excluding carboxylic acids is 4. The van der Waals surface area contributed by atoms with Crippen LogP contribution < -0.4 is 10.6 Å². The molecule has 2 aromatic rings. The minimum Gasteiger partial charge on any atom is -0.462 e. The zero-order valence-electron chi connectivity index (χ0n) is 20.3. The smallest absolute Gasteiger partial charge is 0.341 e. The molecule has 1 aromatic carbocycles. The fourth-order valence-corrected chi connectivity index (χ4v) is 6.36. The minimum absolute atomic E-state index is 0.231. The molecule has 0 unspecified atom stereocenters. The summed E-state index contributed by atoms with van der Waals surface area (Å²) in [5.41, 5.74) is 0.825. The van der Waals surface area contributed by atoms with Crippen molar-refractivity contribution < 1.29 is 23.9 Å². The lowest BCUT2D eigenvalue weighted by molar-refractivity contribution is -0.134. The first-order valence-electron chi connectivity index (χ1n) is 12.1. The number of hydrogen-bond donors (Lipinski definition) is 2. The van der Waals surface area contributed by atoms with E-state index in [9.17, 15) is 19.2 Å². The van der Waals surface area contributed by atoms with Crippen molar-refractivity contribution in [1.29, 1.82) is 0 Å². The molecular formula is C26H31N3O5S. The van der Waals surface area contributed by atoms with E-state index in [1.165, 1.54) is 11.3 Å². The number of rotatable bonds is 8. The molecule has 0 saturated carbocycles. The molecule has 9 heteroatoms. The third kappa shape index (κ3) is 4.69. The van der Waals surface area contributed by atoms with Crippen molar-refractivity contribution in [3.8, 4) is 0 Å². The molecule has 2 atom stereocenters. The summed E-state index contributed by atoms with van der Waals surface area (Å²) in [6.07, 6.45) is 3.64. The van der Waals surface area contributed by atoms with Gasteiger partial charge in [0.05, 0.1) is 12.2 Å². The van der Waals surface area contributed by atoms with Gasteiger partial charge in [-0.15, -0.1) is 11.3 Å². The van der Waals surface area contributed by atoms with Crippen LogP contribution in [0.3, 0.4) is 0 Å². The van der Waals surface area contributed by atoms with Gasteiger partial charge in [0.2, 0.25) is 5.91 Å². The highest BCUT2D eigenvalue weighted by Gasteiger charge is 2.52. The zero-order chi connectivity index (χ0) is 25.2. The zero-order valence-corrected chi connectivity index (χ0v) is 21.1. The van der Waals surface area contributed by atoms with Gasteiger partial charge in [-0.2, -0.15) is 0 Å². The lowest BCUT2D eigenvalue weighted by atomic mass is 9.85. The Bertz CT molecular complexity index is 1150. The van der Waals surface area contributed by atoms with E-state index in [1.54, 1.807) is 19.1 Å². The first-order valence-corrected chi connectivity index (χ1v) is 12.9. The number of esters is 1. The number of anilines is 1. The van der Waals surface area contributed by atoms with Crippen LogP contribution in [0.5, 0.6) is 0 Å². The fourth-order valence-electron chi connectivity index (χ4n) is 4.94. The van der Waals surface area contributed by atoms with E-state index in [1.807, 2.05) is 25.1 Å². The Morgan fingerprint density at radius 1 is 1.23 bits per heavy atom. The largest absolute Gasteiger partial charge is 0.462 e. The third-order valence-electron chi connectivity index (χ3n) is 6.61. The Labute approximate surface area is 209 Å². The highest BCUT2D eigenvalue weighted by Crippen LogP contribution is 2.40. The number of amides is 4. The molecule has 0 radical (unpaired) electrons. The van der Waals surface area contributed by atoms with E-state index in [0.717, 1.165) is 34.6 Å². The Morgan fingerprint density at radius 2 is 1.97 bits per heavy atom. The Hall–Kier alpha value is -3.20. The molecule has 1 aromatic heterocycles. The molecular weight excluding hydrogens is 466 g/mol. The number of thiophene rings is 1. The Balaban J connectivity index is 1.56. The van der Waals surface area contributed by atoms with Gasteiger partial charge in [0.25, 0.3) is 5.91 Å². The van der Waals surface area contributed by atoms with E-state index in [4.69, 9.17) is 4.74 Å². The van der Waals surface area contributed by atoms with E-state index in [0.29, 0.717) is 34.9 Å². The standard InChI is InChI=1S/C26H31N3O5S/c1-4-13-26(17-9-7-6-8-10-17)24(32)29(25(33)28-26)15-20(30)27-22-21(23(31)34-5-2)18-12-11-16(3)14-19(18)35-22/h6-10,16H,4-5,11-15H2,1-3H3,(H,27,30)(H,28,33)/t16-,26-/m1/s1. The number of nitrogens with one attached hydrogen (secondary N) is 2. The third-order valence-corrected chi connectivity index (χ3v) is 7.78. The number of urea groups is 1. The topological polar surface area (TPSA) is 105 Å². The van der Waals surface area contributed by atoms with Crippen LogP contribution in [-0.4, -0.2) is 41.9 Å². The maximum absolute atomic E-state index is 13.5. The van der Waals surface area contributed by atoms with Gasteiger partial charge in [0.15, 0.2) is 0 Å². The molecule has 1 aliphatic carbocycles. The lowest BCUT2D eigenvalue weighted by Gasteiger charge is -2.26. The van der Waals surface area contributed by atoms with Crippen LogP contribution in [0.4, 0.5) is 9.80 Å². The van der Waals surface area contributed by atoms with E-state index in [2.05, 4.69) is 17.6 Å². The average molecular weight is 498 g/mol. The van der Waals surface area contributed by atoms with Gasteiger partial charge in [0.1, 0.15) is 17.1 Å². The van der Waals surface area contributed by atoms with Gasteiger partial charge >= 0.3 is 12.0 Å². The van der Waals surface area contributed by atoms with Crippen molar-refractivity contribution in [3.63, 3.8) is 0 Å². The summed E-state index contributed by atoms with van der Waals surface area (Å²) >= 11 is 1.38. The molecule has 186 valence electrons. The molecule has 1 aliphatic heterocycles. The van der Waals surface area contributed by atoms with Crippen LogP contribution in [0, 0.1) is 5.92 Å². The SMILES string of the molecule is CCC[C@]1(c2ccccc2)NC(=O)N(CC(=O)Nc2sc3c(c2C(=O)OCC)CC[C@@H](C)C3)C1=O. The monoisotopic (exact) mass is 497 g/mol. The van der Waals surface area contributed by atoms with Crippen LogP contribution in [0.2, 0.25) is 0 Å². The Kier molecular flexibility index (Phi) is 7.25. The second kappa shape index (κ2) is 10.2. The molecule has 1 fully saturated rings. The highest BCUT2D eigenvalue weighted by molar-refractivity contribution is 7.17. The molecule has 2 aliphatic rings. The van der Waals surface area contributed by atoms with E-state index >= 15 is 0 Å². The van der Waals surface area contributed by atoms with Crippen LogP contribution in [0.15, 0.2) is 30.3 Å². The van der Waals surface area contributed by atoms with E-state index < -0.39 is 35.9 Å². The molecule has 35 heavy (non-hydrogen) atoms. The molecule has 2 N–H and O–H groups in total. The van der Waals surface area contributed by atoms with E-state index in [-0.39, 0.29) is 6.61 Å². The van der Waals surface area contributed by atoms with Crippen LogP contribution >= 0.6 is 11.3 Å². The first-order chi connectivity index (χ1) is 16.8. The van der Waals surface area contributed by atoms with Gasteiger partial charge < -0.3 is 15.4 Å². The van der Waals surface area contributed by atoms with Gasteiger partial charge in [-0.3, -0.25) is 14.5 Å². The van der Waals surface area contributed by atoms with Gasteiger partial charge in [-0.25, -0.2) is 9.59 Å². The summed E-state index contributed by atoms with van der Waals surface area (Å²) in [7, 11) is 0. The molecule has 8 nitrogen and oxygen atoms in total. The number of imide groups is 1. The summed E-state index contributed by atoms with van der Waals surface area (Å²) in [6, 6.07) is 8.49. The summed E-state index contributed by atoms with van der Waals surface area (Å²) in [5.74, 6) is -0.951. The number of benzene rings is 1. The quantitative estimate of drug-likeness (QED) is 0.419. The molecule has 0 bridgehead atoms. The summed E-state index contributed by atoms with van der Waals surface area (Å²) in [5, 5.41) is 6.04. The molecule has 4 amide bonds. The minimum atomic E-state index is -1.19. The molecule has 2 heterocycles. The first kappa shape index (κ1) is 24.9. The van der Waals surface area contributed by atoms with Gasteiger partial charge in [0, 0.05) is 4.88 Å². The predicted molar refractivity (Wildman–Crippen MR) is 133 cm³/mol. The normalized spacial score (nSPS) is 21.5. The summed E-state index contributed by atoms with van der Waals surface area (Å²) < 4.78 is 5.26. The van der Waals surface area contributed by atoms with Crippen LogP contribution in [0.25, 0.3) is 0 Å². The fraction of sp³-hybridized carbons (Fsp3) is 0.462. The number of fused-ring (bicyclic) bond motifs is 1. The van der Waals surface area contributed by atoms with Crippen LogP contribution in [-0.2, 0) is 32.7 Å². The number of nitrogens with zero attached hydrogens (tertiary/aromatic N) is 1. The number of carbonyl (C=O) groups is 4. The summed E-state index contributed by atoms with van der Waals surface area (Å²) in [4.78, 5) is 54.1. The van der Waals surface area contributed by atoms with Gasteiger partial charge in [-0.1, -0.05) is 50.6 Å². The Morgan fingerprint density at radius 3 is 2.66 bits per heavy atom. The predicted octanol–water partition coefficient (Wildman–Crippen LogP) is 4.24. The maximum Gasteiger partial charge on any atom is 0.341 e. The molecule has 4 rings (SSSR count). The molecule has 1 saturated heterocycles. The van der Waals surface area contributed by atoms with Crippen molar-refractivity contribution in [1.82, 2.24) is 10.2 Å². The van der Waals surface area contributed by atoms with Crippen molar-refractivity contribution in [2.75, 3.05) is 18.5 Å². The second-order valence-corrected chi connectivity index (χ2v) is 10.3. The van der Waals surface area contributed by atoms with Gasteiger partial charge in [-0.05, 0) is 49.7 Å². The van der Waals surface area contributed by atoms with Crippen molar-refractivity contribution in [3.05, 3.63) is 51.9 Å². The summed E-state index contributed by atoms with van der Waals surface area (Å²) in [6.45, 7) is 5.64. The van der Waals surface area contributed by atoms with Crippen molar-refractivity contribution in [2.24, 2.45) is 5.92 Å². The molecule has 0 spiro atoms. The number of hydrogen-bond acceptors (Lipinski definition) is 6. The maximum atomic E-state index is 13.5.